The summed E-state index contributed by atoms with van der Waals surface area (Å²) >= 11 is 3.35. The predicted molar refractivity (Wildman–Crippen MR) is 87.5 cm³/mol. The van der Waals surface area contributed by atoms with Gasteiger partial charge in [0, 0.05) is 10.5 Å². The molecule has 1 atom stereocenters. The van der Waals surface area contributed by atoms with E-state index in [1.165, 1.54) is 0 Å². The molecule has 110 valence electrons. The Labute approximate surface area is 132 Å². The normalized spacial score (nSPS) is 11.8. The highest BCUT2D eigenvalue weighted by molar-refractivity contribution is 9.10. The minimum Gasteiger partial charge on any atom is -0.366 e. The minimum atomic E-state index is -0.223. The zero-order valence-electron chi connectivity index (χ0n) is 11.9. The molecular formula is C15H17BrN4O. The summed E-state index contributed by atoms with van der Waals surface area (Å²) in [6, 6.07) is 11.1. The Morgan fingerprint density at radius 3 is 2.48 bits per heavy atom. The van der Waals surface area contributed by atoms with Crippen LogP contribution in [0.4, 0.5) is 11.6 Å². The van der Waals surface area contributed by atoms with Crippen LogP contribution in [0.1, 0.15) is 30.6 Å². The van der Waals surface area contributed by atoms with Crippen molar-refractivity contribution in [3.63, 3.8) is 0 Å². The first-order chi connectivity index (χ1) is 10.1. The maximum atomic E-state index is 12.1. The van der Waals surface area contributed by atoms with Crippen molar-refractivity contribution in [2.45, 2.75) is 26.3 Å². The number of amides is 1. The summed E-state index contributed by atoms with van der Waals surface area (Å²) < 4.78 is 0.741. The maximum Gasteiger partial charge on any atom is 0.258 e. The molecule has 0 bridgehead atoms. The van der Waals surface area contributed by atoms with Crippen molar-refractivity contribution in [3.8, 4) is 0 Å². The van der Waals surface area contributed by atoms with Gasteiger partial charge < -0.3 is 10.6 Å². The molecular weight excluding hydrogens is 332 g/mol. The second-order valence-corrected chi connectivity index (χ2v) is 5.55. The smallest absolute Gasteiger partial charge is 0.258 e. The topological polar surface area (TPSA) is 66.9 Å². The molecule has 1 amide bonds. The molecule has 2 aromatic rings. The Kier molecular flexibility index (Phi) is 5.27. The van der Waals surface area contributed by atoms with Crippen molar-refractivity contribution in [1.82, 2.24) is 10.2 Å². The molecule has 0 aliphatic rings. The van der Waals surface area contributed by atoms with Crippen LogP contribution in [0, 0.1) is 0 Å². The van der Waals surface area contributed by atoms with E-state index in [2.05, 4.69) is 50.6 Å². The fourth-order valence-corrected chi connectivity index (χ4v) is 2.12. The van der Waals surface area contributed by atoms with Gasteiger partial charge in [-0.3, -0.25) is 4.79 Å². The van der Waals surface area contributed by atoms with Crippen LogP contribution in [0.5, 0.6) is 0 Å². The molecule has 5 nitrogen and oxygen atoms in total. The summed E-state index contributed by atoms with van der Waals surface area (Å²) in [5.74, 6) is 0.896. The van der Waals surface area contributed by atoms with E-state index < -0.39 is 0 Å². The van der Waals surface area contributed by atoms with Crippen molar-refractivity contribution in [2.75, 3.05) is 10.6 Å². The fraction of sp³-hybridized carbons (Fsp3) is 0.267. The number of nitrogens with zero attached hydrogens (tertiary/aromatic N) is 2. The molecule has 0 aliphatic heterocycles. The Hall–Kier alpha value is -1.95. The van der Waals surface area contributed by atoms with Gasteiger partial charge in [-0.15, -0.1) is 10.2 Å². The van der Waals surface area contributed by atoms with Crippen LogP contribution in [-0.2, 0) is 0 Å². The van der Waals surface area contributed by atoms with Crippen molar-refractivity contribution < 1.29 is 4.79 Å². The molecule has 0 saturated carbocycles. The van der Waals surface area contributed by atoms with Gasteiger partial charge in [-0.1, -0.05) is 19.1 Å². The summed E-state index contributed by atoms with van der Waals surface area (Å²) in [6.45, 7) is 4.17. The van der Waals surface area contributed by atoms with Gasteiger partial charge in [-0.2, -0.15) is 0 Å². The van der Waals surface area contributed by atoms with E-state index in [-0.39, 0.29) is 5.91 Å². The number of carbonyl (C=O) groups excluding carboxylic acids is 1. The van der Waals surface area contributed by atoms with Gasteiger partial charge in [-0.05, 0) is 53.5 Å². The zero-order valence-corrected chi connectivity index (χ0v) is 13.5. The maximum absolute atomic E-state index is 12.1. The highest BCUT2D eigenvalue weighted by atomic mass is 79.9. The van der Waals surface area contributed by atoms with Gasteiger partial charge >= 0.3 is 0 Å². The van der Waals surface area contributed by atoms with Crippen molar-refractivity contribution in [2.24, 2.45) is 0 Å². The molecule has 0 radical (unpaired) electrons. The number of aromatic nitrogens is 2. The van der Waals surface area contributed by atoms with E-state index in [1.54, 1.807) is 18.2 Å². The van der Waals surface area contributed by atoms with Crippen molar-refractivity contribution >= 4 is 33.5 Å². The number of halogens is 1. The van der Waals surface area contributed by atoms with E-state index in [9.17, 15) is 4.79 Å². The van der Waals surface area contributed by atoms with E-state index >= 15 is 0 Å². The van der Waals surface area contributed by atoms with Crippen LogP contribution in [0.25, 0.3) is 0 Å². The van der Waals surface area contributed by atoms with Crippen LogP contribution >= 0.6 is 15.9 Å². The Morgan fingerprint density at radius 1 is 1.19 bits per heavy atom. The molecule has 2 rings (SSSR count). The highest BCUT2D eigenvalue weighted by Crippen LogP contribution is 2.17. The first kappa shape index (κ1) is 15.4. The lowest BCUT2D eigenvalue weighted by Gasteiger charge is -2.11. The number of anilines is 2. The molecule has 6 heteroatoms. The third-order valence-electron chi connectivity index (χ3n) is 3.03. The molecule has 0 fully saturated rings. The molecule has 21 heavy (non-hydrogen) atoms. The monoisotopic (exact) mass is 348 g/mol. The molecule has 1 heterocycles. The zero-order chi connectivity index (χ0) is 15.2. The highest BCUT2D eigenvalue weighted by Gasteiger charge is 2.10. The van der Waals surface area contributed by atoms with E-state index in [1.807, 2.05) is 18.2 Å². The number of nitrogens with one attached hydrogen (secondary N) is 2. The quantitative estimate of drug-likeness (QED) is 0.864. The van der Waals surface area contributed by atoms with Gasteiger partial charge in [0.05, 0.1) is 5.56 Å². The largest absolute Gasteiger partial charge is 0.366 e. The second-order valence-electron chi connectivity index (χ2n) is 4.69. The van der Waals surface area contributed by atoms with Crippen LogP contribution < -0.4 is 10.6 Å². The van der Waals surface area contributed by atoms with Crippen molar-refractivity contribution in [1.29, 1.82) is 0 Å². The molecule has 2 N–H and O–H groups in total. The Bertz CT molecular complexity index is 615. The van der Waals surface area contributed by atoms with Crippen LogP contribution in [0.3, 0.4) is 0 Å². The molecule has 0 spiro atoms. The van der Waals surface area contributed by atoms with E-state index in [0.717, 1.165) is 10.9 Å². The summed E-state index contributed by atoms with van der Waals surface area (Å²) in [5, 5.41) is 14.0. The first-order valence-corrected chi connectivity index (χ1v) is 7.55. The number of hydrogen-bond acceptors (Lipinski definition) is 4. The van der Waals surface area contributed by atoms with Crippen LogP contribution in [0.2, 0.25) is 0 Å². The van der Waals surface area contributed by atoms with Crippen LogP contribution in [0.15, 0.2) is 40.9 Å². The number of carbonyl (C=O) groups is 1. The third-order valence-corrected chi connectivity index (χ3v) is 3.72. The van der Waals surface area contributed by atoms with Gasteiger partial charge in [-0.25, -0.2) is 0 Å². The lowest BCUT2D eigenvalue weighted by Crippen LogP contribution is -2.16. The molecule has 1 unspecified atom stereocenters. The number of hydrogen-bond donors (Lipinski definition) is 2. The summed E-state index contributed by atoms with van der Waals surface area (Å²) in [6.07, 6.45) is 1.00. The van der Waals surface area contributed by atoms with Crippen molar-refractivity contribution in [3.05, 3.63) is 46.4 Å². The number of benzene rings is 1. The minimum absolute atomic E-state index is 0.223. The second kappa shape index (κ2) is 7.17. The Balaban J connectivity index is 2.03. The standard InChI is InChI=1S/C15H17BrN4O/c1-3-10(2)17-13-8-9-14(20-19-13)18-15(21)11-6-4-5-7-12(11)16/h4-10H,3H2,1-2H3,(H,17,19)(H,18,20,21). The van der Waals surface area contributed by atoms with E-state index in [0.29, 0.717) is 23.2 Å². The number of rotatable bonds is 5. The first-order valence-electron chi connectivity index (χ1n) is 6.76. The SMILES string of the molecule is CCC(C)Nc1ccc(NC(=O)c2ccccc2Br)nn1. The van der Waals surface area contributed by atoms with Gasteiger partial charge in [0.2, 0.25) is 0 Å². The van der Waals surface area contributed by atoms with Gasteiger partial charge in [0.15, 0.2) is 5.82 Å². The van der Waals surface area contributed by atoms with E-state index in [4.69, 9.17) is 0 Å². The van der Waals surface area contributed by atoms with Gasteiger partial charge in [0.25, 0.3) is 5.91 Å². The summed E-state index contributed by atoms with van der Waals surface area (Å²) in [7, 11) is 0. The lowest BCUT2D eigenvalue weighted by molar-refractivity contribution is 0.102. The molecule has 0 aliphatic carbocycles. The summed E-state index contributed by atoms with van der Waals surface area (Å²) in [4.78, 5) is 12.1. The third kappa shape index (κ3) is 4.26. The molecule has 0 saturated heterocycles. The average Bonchev–Trinajstić information content (AvgIpc) is 2.49. The predicted octanol–water partition coefficient (Wildman–Crippen LogP) is 3.70. The van der Waals surface area contributed by atoms with Crippen LogP contribution in [-0.4, -0.2) is 22.1 Å². The fourth-order valence-electron chi connectivity index (χ4n) is 1.66. The Morgan fingerprint density at radius 2 is 1.86 bits per heavy atom. The molecule has 1 aromatic heterocycles. The summed E-state index contributed by atoms with van der Waals surface area (Å²) in [5.41, 5.74) is 0.557. The lowest BCUT2D eigenvalue weighted by atomic mass is 10.2. The average molecular weight is 349 g/mol. The van der Waals surface area contributed by atoms with Gasteiger partial charge in [0.1, 0.15) is 5.82 Å². The molecule has 1 aromatic carbocycles.